The van der Waals surface area contributed by atoms with Gasteiger partial charge in [0.1, 0.15) is 23.2 Å². The summed E-state index contributed by atoms with van der Waals surface area (Å²) in [5.41, 5.74) is -0.229. The lowest BCUT2D eigenvalue weighted by atomic mass is 10.1. The van der Waals surface area contributed by atoms with E-state index >= 15 is 0 Å². The quantitative estimate of drug-likeness (QED) is 0.788. The Morgan fingerprint density at radius 2 is 2.00 bits per heavy atom. The molecule has 0 amide bonds. The van der Waals surface area contributed by atoms with Crippen molar-refractivity contribution in [3.8, 4) is 0 Å². The summed E-state index contributed by atoms with van der Waals surface area (Å²) in [6.45, 7) is 2.24. The van der Waals surface area contributed by atoms with Gasteiger partial charge < -0.3 is 4.42 Å². The van der Waals surface area contributed by atoms with E-state index in [0.29, 0.717) is 6.54 Å². The summed E-state index contributed by atoms with van der Waals surface area (Å²) in [5, 5.41) is 0. The van der Waals surface area contributed by atoms with Gasteiger partial charge in [-0.25, -0.2) is 8.78 Å². The summed E-state index contributed by atoms with van der Waals surface area (Å²) >= 11 is 0. The maximum absolute atomic E-state index is 13.5. The van der Waals surface area contributed by atoms with Gasteiger partial charge in [-0.3, -0.25) is 9.69 Å². The van der Waals surface area contributed by atoms with Gasteiger partial charge >= 0.3 is 0 Å². The minimum atomic E-state index is -0.710. The molecule has 1 aromatic heterocycles. The molecule has 0 aliphatic rings. The number of likely N-dealkylation sites (N-methyl/N-ethyl adjacent to an activating group) is 1. The number of Topliss-reactive ketones (excluding diaryl/α,β-unsaturated/α-hetero) is 1. The van der Waals surface area contributed by atoms with Gasteiger partial charge in [-0.05, 0) is 44.3 Å². The minimum absolute atomic E-state index is 0.0138. The summed E-state index contributed by atoms with van der Waals surface area (Å²) < 4.78 is 31.9. The Kier molecular flexibility index (Phi) is 4.29. The van der Waals surface area contributed by atoms with E-state index in [1.165, 1.54) is 0 Å². The second-order valence-electron chi connectivity index (χ2n) is 4.73. The molecule has 5 heteroatoms. The van der Waals surface area contributed by atoms with E-state index in [-0.39, 0.29) is 12.1 Å². The molecular formula is C15H15F2NO2. The monoisotopic (exact) mass is 279 g/mol. The first-order valence-electron chi connectivity index (χ1n) is 6.18. The van der Waals surface area contributed by atoms with Crippen LogP contribution < -0.4 is 0 Å². The molecule has 0 saturated carbocycles. The highest BCUT2D eigenvalue weighted by atomic mass is 19.1. The summed E-state index contributed by atoms with van der Waals surface area (Å²) in [4.78, 5) is 13.6. The van der Waals surface area contributed by atoms with Crippen LogP contribution in [-0.2, 0) is 6.54 Å². The third kappa shape index (κ3) is 3.51. The summed E-state index contributed by atoms with van der Waals surface area (Å²) in [5.74, 6) is -0.293. The lowest BCUT2D eigenvalue weighted by Crippen LogP contribution is -2.26. The topological polar surface area (TPSA) is 33.5 Å². The van der Waals surface area contributed by atoms with Crippen molar-refractivity contribution >= 4 is 5.78 Å². The number of carbonyl (C=O) groups excluding carboxylic acids is 1. The first-order valence-corrected chi connectivity index (χ1v) is 6.18. The fourth-order valence-electron chi connectivity index (χ4n) is 1.93. The standard InChI is InChI=1S/C15H15F2NO2/c1-10-3-5-12(20-10)8-18(2)9-15(19)13-7-11(16)4-6-14(13)17/h3-7H,8-9H2,1-2H3. The van der Waals surface area contributed by atoms with Gasteiger partial charge in [0.2, 0.25) is 0 Å². The molecule has 0 fully saturated rings. The number of halogens is 2. The van der Waals surface area contributed by atoms with Gasteiger partial charge in [0.15, 0.2) is 5.78 Å². The van der Waals surface area contributed by atoms with Crippen molar-refractivity contribution in [1.29, 1.82) is 0 Å². The number of furan rings is 1. The smallest absolute Gasteiger partial charge is 0.179 e. The van der Waals surface area contributed by atoms with E-state index in [1.807, 2.05) is 19.1 Å². The highest BCUT2D eigenvalue weighted by Gasteiger charge is 2.15. The van der Waals surface area contributed by atoms with E-state index in [2.05, 4.69) is 0 Å². The molecule has 0 unspecified atom stereocenters. The molecule has 0 aliphatic carbocycles. The molecule has 0 aliphatic heterocycles. The van der Waals surface area contributed by atoms with Crippen molar-refractivity contribution in [3.05, 3.63) is 59.1 Å². The molecule has 0 saturated heterocycles. The molecule has 106 valence electrons. The molecule has 0 spiro atoms. The van der Waals surface area contributed by atoms with Crippen molar-refractivity contribution in [1.82, 2.24) is 4.90 Å². The zero-order chi connectivity index (χ0) is 14.7. The largest absolute Gasteiger partial charge is 0.465 e. The van der Waals surface area contributed by atoms with Gasteiger partial charge in [0.05, 0.1) is 18.7 Å². The van der Waals surface area contributed by atoms with Crippen LogP contribution in [0.2, 0.25) is 0 Å². The molecule has 3 nitrogen and oxygen atoms in total. The van der Waals surface area contributed by atoms with E-state index in [9.17, 15) is 13.6 Å². The first kappa shape index (κ1) is 14.4. The summed E-state index contributed by atoms with van der Waals surface area (Å²) in [6, 6.07) is 6.51. The Labute approximate surface area is 115 Å². The zero-order valence-corrected chi connectivity index (χ0v) is 11.3. The molecule has 2 aromatic rings. The third-order valence-electron chi connectivity index (χ3n) is 2.86. The van der Waals surface area contributed by atoms with Crippen LogP contribution in [0.15, 0.2) is 34.7 Å². The van der Waals surface area contributed by atoms with Gasteiger partial charge in [-0.2, -0.15) is 0 Å². The number of benzene rings is 1. The van der Waals surface area contributed by atoms with E-state index in [0.717, 1.165) is 29.7 Å². The fraction of sp³-hybridized carbons (Fsp3) is 0.267. The molecule has 0 bridgehead atoms. The fourth-order valence-corrected chi connectivity index (χ4v) is 1.93. The highest BCUT2D eigenvalue weighted by Crippen LogP contribution is 2.12. The molecule has 2 rings (SSSR count). The number of aryl methyl sites for hydroxylation is 1. The molecule has 1 aromatic carbocycles. The van der Waals surface area contributed by atoms with Gasteiger partial charge in [-0.1, -0.05) is 0 Å². The molecule has 0 atom stereocenters. The lowest BCUT2D eigenvalue weighted by Gasteiger charge is -2.14. The summed E-state index contributed by atoms with van der Waals surface area (Å²) in [7, 11) is 1.72. The van der Waals surface area contributed by atoms with Crippen LogP contribution in [0.3, 0.4) is 0 Å². The first-order chi connectivity index (χ1) is 9.45. The molecule has 0 N–H and O–H groups in total. The predicted octanol–water partition coefficient (Wildman–Crippen LogP) is 3.18. The molecule has 20 heavy (non-hydrogen) atoms. The lowest BCUT2D eigenvalue weighted by molar-refractivity contribution is 0.0935. The van der Waals surface area contributed by atoms with Crippen LogP contribution in [0.1, 0.15) is 21.9 Å². The maximum Gasteiger partial charge on any atom is 0.179 e. The van der Waals surface area contributed by atoms with Crippen molar-refractivity contribution in [3.63, 3.8) is 0 Å². The Morgan fingerprint density at radius 1 is 1.25 bits per heavy atom. The van der Waals surface area contributed by atoms with E-state index in [1.54, 1.807) is 11.9 Å². The van der Waals surface area contributed by atoms with Crippen LogP contribution in [0.25, 0.3) is 0 Å². The number of rotatable bonds is 5. The molecule has 1 heterocycles. The van der Waals surface area contributed by atoms with Crippen molar-refractivity contribution in [2.45, 2.75) is 13.5 Å². The second-order valence-corrected chi connectivity index (χ2v) is 4.73. The van der Waals surface area contributed by atoms with Gasteiger partial charge in [0, 0.05) is 0 Å². The van der Waals surface area contributed by atoms with Gasteiger partial charge in [0.25, 0.3) is 0 Å². The van der Waals surface area contributed by atoms with Crippen LogP contribution in [0, 0.1) is 18.6 Å². The van der Waals surface area contributed by atoms with Crippen molar-refractivity contribution < 1.29 is 18.0 Å². The SMILES string of the molecule is Cc1ccc(CN(C)CC(=O)c2cc(F)ccc2F)o1. The van der Waals surface area contributed by atoms with Crippen LogP contribution in [-0.4, -0.2) is 24.3 Å². The maximum atomic E-state index is 13.5. The van der Waals surface area contributed by atoms with Crippen LogP contribution in [0.4, 0.5) is 8.78 Å². The second kappa shape index (κ2) is 5.96. The van der Waals surface area contributed by atoms with Crippen LogP contribution in [0.5, 0.6) is 0 Å². The normalized spacial score (nSPS) is 11.1. The minimum Gasteiger partial charge on any atom is -0.465 e. The van der Waals surface area contributed by atoms with E-state index in [4.69, 9.17) is 4.42 Å². The Morgan fingerprint density at radius 3 is 2.65 bits per heavy atom. The number of carbonyl (C=O) groups is 1. The Bertz CT molecular complexity index is 622. The molecular weight excluding hydrogens is 264 g/mol. The Balaban J connectivity index is 2.02. The highest BCUT2D eigenvalue weighted by molar-refractivity contribution is 5.97. The Hall–Kier alpha value is -2.01. The number of hydrogen-bond acceptors (Lipinski definition) is 3. The van der Waals surface area contributed by atoms with Crippen molar-refractivity contribution in [2.75, 3.05) is 13.6 Å². The third-order valence-corrected chi connectivity index (χ3v) is 2.86. The molecule has 0 radical (unpaired) electrons. The average molecular weight is 279 g/mol. The van der Waals surface area contributed by atoms with E-state index < -0.39 is 17.4 Å². The summed E-state index contributed by atoms with van der Waals surface area (Å²) in [6.07, 6.45) is 0. The number of nitrogens with zero attached hydrogens (tertiary/aromatic N) is 1. The zero-order valence-electron chi connectivity index (χ0n) is 11.3. The number of hydrogen-bond donors (Lipinski definition) is 0. The van der Waals surface area contributed by atoms with Crippen LogP contribution >= 0.6 is 0 Å². The number of ketones is 1. The van der Waals surface area contributed by atoms with Gasteiger partial charge in [-0.15, -0.1) is 0 Å². The predicted molar refractivity (Wildman–Crippen MR) is 70.5 cm³/mol. The average Bonchev–Trinajstić information content (AvgIpc) is 2.77. The van der Waals surface area contributed by atoms with Crippen molar-refractivity contribution in [2.24, 2.45) is 0 Å².